The Hall–Kier alpha value is -4.19. The summed E-state index contributed by atoms with van der Waals surface area (Å²) in [5.74, 6) is -0.244. The van der Waals surface area contributed by atoms with Gasteiger partial charge in [0.1, 0.15) is 5.58 Å². The van der Waals surface area contributed by atoms with Gasteiger partial charge in [-0.15, -0.1) is 0 Å². The molecule has 0 atom stereocenters. The largest absolute Gasteiger partial charge is 0.423 e. The number of nitrogens with one attached hydrogen (secondary N) is 2. The van der Waals surface area contributed by atoms with E-state index in [1.807, 2.05) is 55.5 Å². The number of aryl methyl sites for hydroxylation is 2. The van der Waals surface area contributed by atoms with Gasteiger partial charge in [-0.2, -0.15) is 0 Å². The van der Waals surface area contributed by atoms with Gasteiger partial charge in [-0.3, -0.25) is 9.59 Å². The van der Waals surface area contributed by atoms with E-state index in [1.54, 1.807) is 24.3 Å². The molecule has 6 nitrogen and oxygen atoms in total. The molecule has 3 aromatic carbocycles. The van der Waals surface area contributed by atoms with E-state index in [0.29, 0.717) is 29.8 Å². The zero-order valence-electron chi connectivity index (χ0n) is 18.3. The van der Waals surface area contributed by atoms with Crippen LogP contribution in [0.25, 0.3) is 11.0 Å². The highest BCUT2D eigenvalue weighted by Crippen LogP contribution is 2.21. The first kappa shape index (κ1) is 22.0. The molecule has 0 aliphatic rings. The minimum atomic E-state index is -0.421. The van der Waals surface area contributed by atoms with Crippen molar-refractivity contribution in [3.63, 3.8) is 0 Å². The Kier molecular flexibility index (Phi) is 6.64. The van der Waals surface area contributed by atoms with E-state index < -0.39 is 5.63 Å². The van der Waals surface area contributed by atoms with Crippen LogP contribution in [0, 0.1) is 6.92 Å². The quantitative estimate of drug-likeness (QED) is 0.402. The summed E-state index contributed by atoms with van der Waals surface area (Å²) in [6, 6.07) is 23.8. The van der Waals surface area contributed by atoms with E-state index in [4.69, 9.17) is 4.42 Å². The number of fused-ring (bicyclic) bond motifs is 1. The molecular weight excluding hydrogens is 416 g/mol. The van der Waals surface area contributed by atoms with Gasteiger partial charge < -0.3 is 15.1 Å². The first-order chi connectivity index (χ1) is 16.0. The zero-order valence-corrected chi connectivity index (χ0v) is 18.3. The molecule has 2 amide bonds. The van der Waals surface area contributed by atoms with Gasteiger partial charge in [-0.25, -0.2) is 4.79 Å². The number of carbonyl (C=O) groups excluding carboxylic acids is 2. The molecule has 0 unspecified atom stereocenters. The fourth-order valence-electron chi connectivity index (χ4n) is 3.63. The van der Waals surface area contributed by atoms with Gasteiger partial charge in [0.15, 0.2) is 0 Å². The Bertz CT molecular complexity index is 1340. The monoisotopic (exact) mass is 440 g/mol. The average Bonchev–Trinajstić information content (AvgIpc) is 2.79. The lowest BCUT2D eigenvalue weighted by Gasteiger charge is -2.09. The number of benzene rings is 3. The number of anilines is 2. The summed E-state index contributed by atoms with van der Waals surface area (Å²) in [6.45, 7) is 1.84. The third kappa shape index (κ3) is 5.95. The molecule has 0 aliphatic carbocycles. The molecule has 0 fully saturated rings. The van der Waals surface area contributed by atoms with Crippen LogP contribution in [0.2, 0.25) is 0 Å². The molecule has 0 radical (unpaired) electrons. The third-order valence-corrected chi connectivity index (χ3v) is 5.32. The van der Waals surface area contributed by atoms with Gasteiger partial charge in [0.25, 0.3) is 0 Å². The zero-order chi connectivity index (χ0) is 23.2. The number of rotatable bonds is 7. The molecule has 0 saturated carbocycles. The molecule has 0 saturated heterocycles. The standard InChI is InChI=1S/C27H24N2O4/c1-18-15-27(32)33-24-17-22(12-13-23(18)24)29-26(31)16-20-7-10-21(11-8-20)28-25(30)14-9-19-5-3-2-4-6-19/h2-8,10-13,15,17H,9,14,16H2,1H3,(H,28,30)(H,29,31). The van der Waals surface area contributed by atoms with Crippen molar-refractivity contribution in [3.8, 4) is 0 Å². The highest BCUT2D eigenvalue weighted by atomic mass is 16.4. The summed E-state index contributed by atoms with van der Waals surface area (Å²) in [7, 11) is 0. The van der Waals surface area contributed by atoms with Crippen LogP contribution in [0.4, 0.5) is 11.4 Å². The highest BCUT2D eigenvalue weighted by molar-refractivity contribution is 5.95. The summed E-state index contributed by atoms with van der Waals surface area (Å²) < 4.78 is 5.23. The predicted octanol–water partition coefficient (Wildman–Crippen LogP) is 4.85. The van der Waals surface area contributed by atoms with Crippen LogP contribution >= 0.6 is 0 Å². The molecular formula is C27H24N2O4. The lowest BCUT2D eigenvalue weighted by Crippen LogP contribution is -2.15. The van der Waals surface area contributed by atoms with Crippen LogP contribution in [0.1, 0.15) is 23.1 Å². The maximum Gasteiger partial charge on any atom is 0.336 e. The summed E-state index contributed by atoms with van der Waals surface area (Å²) in [5.41, 5.74) is 4.03. The van der Waals surface area contributed by atoms with Gasteiger partial charge in [0.05, 0.1) is 6.42 Å². The Balaban J connectivity index is 1.31. The fraction of sp³-hybridized carbons (Fsp3) is 0.148. The number of hydrogen-bond acceptors (Lipinski definition) is 4. The fourth-order valence-corrected chi connectivity index (χ4v) is 3.63. The van der Waals surface area contributed by atoms with E-state index >= 15 is 0 Å². The van der Waals surface area contributed by atoms with Gasteiger partial charge in [0.2, 0.25) is 11.8 Å². The SMILES string of the molecule is Cc1cc(=O)oc2cc(NC(=O)Cc3ccc(NC(=O)CCc4ccccc4)cc3)ccc12. The Morgan fingerprint density at radius 2 is 1.48 bits per heavy atom. The predicted molar refractivity (Wildman–Crippen MR) is 129 cm³/mol. The maximum absolute atomic E-state index is 12.5. The van der Waals surface area contributed by atoms with Gasteiger partial charge in [-0.1, -0.05) is 42.5 Å². The van der Waals surface area contributed by atoms with E-state index in [2.05, 4.69) is 10.6 Å². The second-order valence-corrected chi connectivity index (χ2v) is 7.92. The van der Waals surface area contributed by atoms with Crippen molar-refractivity contribution in [1.82, 2.24) is 0 Å². The van der Waals surface area contributed by atoms with Crippen LogP contribution in [0.3, 0.4) is 0 Å². The van der Waals surface area contributed by atoms with Crippen LogP contribution in [0.15, 0.2) is 88.1 Å². The number of amides is 2. The Morgan fingerprint density at radius 1 is 0.788 bits per heavy atom. The molecule has 166 valence electrons. The molecule has 0 aliphatic heterocycles. The van der Waals surface area contributed by atoms with E-state index in [9.17, 15) is 14.4 Å². The maximum atomic E-state index is 12.5. The smallest absolute Gasteiger partial charge is 0.336 e. The van der Waals surface area contributed by atoms with Crippen molar-refractivity contribution < 1.29 is 14.0 Å². The second-order valence-electron chi connectivity index (χ2n) is 7.92. The Morgan fingerprint density at radius 3 is 2.24 bits per heavy atom. The highest BCUT2D eigenvalue weighted by Gasteiger charge is 2.08. The lowest BCUT2D eigenvalue weighted by molar-refractivity contribution is -0.116. The summed E-state index contributed by atoms with van der Waals surface area (Å²) >= 11 is 0. The van der Waals surface area contributed by atoms with E-state index in [1.165, 1.54) is 6.07 Å². The summed E-state index contributed by atoms with van der Waals surface area (Å²) in [5, 5.41) is 6.54. The first-order valence-electron chi connectivity index (χ1n) is 10.7. The molecule has 0 bridgehead atoms. The van der Waals surface area contributed by atoms with Gasteiger partial charge >= 0.3 is 5.63 Å². The van der Waals surface area contributed by atoms with Crippen molar-refractivity contribution in [2.75, 3.05) is 10.6 Å². The van der Waals surface area contributed by atoms with Crippen molar-refractivity contribution >= 4 is 34.2 Å². The molecule has 2 N–H and O–H groups in total. The number of hydrogen-bond donors (Lipinski definition) is 2. The topological polar surface area (TPSA) is 88.4 Å². The Labute approximate surface area is 191 Å². The van der Waals surface area contributed by atoms with Gasteiger partial charge in [-0.05, 0) is 54.3 Å². The second kappa shape index (κ2) is 9.96. The molecule has 4 aromatic rings. The van der Waals surface area contributed by atoms with Gasteiger partial charge in [0, 0.05) is 35.3 Å². The van der Waals surface area contributed by atoms with E-state index in [0.717, 1.165) is 22.1 Å². The van der Waals surface area contributed by atoms with Crippen LogP contribution in [0.5, 0.6) is 0 Å². The lowest BCUT2D eigenvalue weighted by atomic mass is 10.1. The summed E-state index contributed by atoms with van der Waals surface area (Å²) in [4.78, 5) is 36.2. The molecule has 0 spiro atoms. The average molecular weight is 440 g/mol. The third-order valence-electron chi connectivity index (χ3n) is 5.32. The minimum Gasteiger partial charge on any atom is -0.423 e. The molecule has 4 rings (SSSR count). The van der Waals surface area contributed by atoms with Crippen LogP contribution < -0.4 is 16.3 Å². The van der Waals surface area contributed by atoms with Crippen molar-refractivity contribution in [3.05, 3.63) is 106 Å². The summed E-state index contributed by atoms with van der Waals surface area (Å²) in [6.07, 6.45) is 1.26. The number of carbonyl (C=O) groups is 2. The molecule has 1 heterocycles. The van der Waals surface area contributed by atoms with Crippen molar-refractivity contribution in [1.29, 1.82) is 0 Å². The molecule has 6 heteroatoms. The molecule has 1 aromatic heterocycles. The van der Waals surface area contributed by atoms with Crippen molar-refractivity contribution in [2.45, 2.75) is 26.2 Å². The van der Waals surface area contributed by atoms with Crippen LogP contribution in [-0.2, 0) is 22.4 Å². The van der Waals surface area contributed by atoms with Crippen LogP contribution in [-0.4, -0.2) is 11.8 Å². The first-order valence-corrected chi connectivity index (χ1v) is 10.7. The minimum absolute atomic E-state index is 0.0532. The molecule has 33 heavy (non-hydrogen) atoms. The van der Waals surface area contributed by atoms with E-state index in [-0.39, 0.29) is 18.2 Å². The normalized spacial score (nSPS) is 10.7. The van der Waals surface area contributed by atoms with Crippen molar-refractivity contribution in [2.24, 2.45) is 0 Å².